The number of benzene rings is 1. The van der Waals surface area contributed by atoms with Crippen molar-refractivity contribution >= 4 is 11.4 Å². The summed E-state index contributed by atoms with van der Waals surface area (Å²) >= 11 is 0. The van der Waals surface area contributed by atoms with Crippen molar-refractivity contribution in [3.8, 4) is 0 Å². The number of hydrogen-bond acceptors (Lipinski definition) is 3. The van der Waals surface area contributed by atoms with Gasteiger partial charge in [-0.1, -0.05) is 12.1 Å². The normalized spacial score (nSPS) is 20.7. The maximum Gasteiger partial charge on any atom is 0.0611 e. The molecule has 1 aromatic rings. The molecule has 1 saturated heterocycles. The second-order valence-electron chi connectivity index (χ2n) is 4.78. The largest absolute Gasteiger partial charge is 0.383 e. The van der Waals surface area contributed by atoms with Gasteiger partial charge in [0.25, 0.3) is 0 Å². The average molecular weight is 217 g/mol. The number of nitrogens with one attached hydrogen (secondary N) is 1. The maximum absolute atomic E-state index is 3.52. The molecular formula is C13H19N3. The maximum atomic E-state index is 3.52. The highest BCUT2D eigenvalue weighted by molar-refractivity contribution is 5.75. The van der Waals surface area contributed by atoms with E-state index >= 15 is 0 Å². The number of piperazine rings is 1. The summed E-state index contributed by atoms with van der Waals surface area (Å²) in [6.07, 6.45) is 1.18. The van der Waals surface area contributed by atoms with Crippen LogP contribution in [0.1, 0.15) is 5.56 Å². The molecule has 0 atom stereocenters. The van der Waals surface area contributed by atoms with E-state index in [2.05, 4.69) is 40.4 Å². The van der Waals surface area contributed by atoms with Gasteiger partial charge >= 0.3 is 0 Å². The van der Waals surface area contributed by atoms with Crippen LogP contribution in [-0.4, -0.2) is 44.7 Å². The molecule has 86 valence electrons. The first kappa shape index (κ1) is 9.97. The lowest BCUT2D eigenvalue weighted by atomic mass is 10.1. The topological polar surface area (TPSA) is 18.5 Å². The predicted molar refractivity (Wildman–Crippen MR) is 68.3 cm³/mol. The highest BCUT2D eigenvalue weighted by atomic mass is 15.3. The van der Waals surface area contributed by atoms with Gasteiger partial charge in [-0.05, 0) is 25.1 Å². The lowest BCUT2D eigenvalue weighted by Crippen LogP contribution is -2.44. The van der Waals surface area contributed by atoms with Crippen molar-refractivity contribution in [3.05, 3.63) is 23.8 Å². The minimum absolute atomic E-state index is 1.10. The molecule has 1 N–H and O–H groups in total. The molecule has 3 heteroatoms. The molecule has 0 amide bonds. The zero-order valence-electron chi connectivity index (χ0n) is 9.87. The molecule has 0 aliphatic carbocycles. The fraction of sp³-hybridized carbons (Fsp3) is 0.538. The molecule has 0 aromatic heterocycles. The Kier molecular flexibility index (Phi) is 2.48. The quantitative estimate of drug-likeness (QED) is 0.767. The van der Waals surface area contributed by atoms with Crippen molar-refractivity contribution in [2.75, 3.05) is 50.0 Å². The Hall–Kier alpha value is -1.22. The Bertz CT molecular complexity index is 381. The van der Waals surface area contributed by atoms with Crippen molar-refractivity contribution in [2.45, 2.75) is 6.42 Å². The van der Waals surface area contributed by atoms with Crippen LogP contribution in [0.25, 0.3) is 0 Å². The summed E-state index contributed by atoms with van der Waals surface area (Å²) in [6, 6.07) is 6.69. The minimum atomic E-state index is 1.10. The molecule has 16 heavy (non-hydrogen) atoms. The van der Waals surface area contributed by atoms with Crippen LogP contribution in [0, 0.1) is 0 Å². The van der Waals surface area contributed by atoms with Crippen LogP contribution in [0.3, 0.4) is 0 Å². The Balaban J connectivity index is 1.87. The van der Waals surface area contributed by atoms with Crippen LogP contribution in [-0.2, 0) is 6.42 Å². The smallest absolute Gasteiger partial charge is 0.0611 e. The number of fused-ring (bicyclic) bond motifs is 1. The third-order valence-corrected chi connectivity index (χ3v) is 3.67. The van der Waals surface area contributed by atoms with Gasteiger partial charge in [-0.2, -0.15) is 0 Å². The van der Waals surface area contributed by atoms with E-state index in [1.165, 1.54) is 36.4 Å². The van der Waals surface area contributed by atoms with Crippen molar-refractivity contribution in [3.63, 3.8) is 0 Å². The Labute approximate surface area is 97.0 Å². The van der Waals surface area contributed by atoms with E-state index in [1.54, 1.807) is 0 Å². The number of likely N-dealkylation sites (N-methyl/N-ethyl adjacent to an activating group) is 1. The van der Waals surface area contributed by atoms with Gasteiger partial charge in [0.15, 0.2) is 0 Å². The number of nitrogens with zero attached hydrogens (tertiary/aromatic N) is 2. The first-order chi connectivity index (χ1) is 7.84. The predicted octanol–water partition coefficient (Wildman–Crippen LogP) is 1.41. The van der Waals surface area contributed by atoms with Crippen molar-refractivity contribution in [2.24, 2.45) is 0 Å². The first-order valence-electron chi connectivity index (χ1n) is 6.14. The highest BCUT2D eigenvalue weighted by Gasteiger charge is 2.20. The zero-order chi connectivity index (χ0) is 11.0. The van der Waals surface area contributed by atoms with E-state index in [0.717, 1.165) is 19.6 Å². The lowest BCUT2D eigenvalue weighted by Gasteiger charge is -2.35. The summed E-state index contributed by atoms with van der Waals surface area (Å²) in [5.74, 6) is 0. The fourth-order valence-corrected chi connectivity index (χ4v) is 2.63. The Morgan fingerprint density at radius 3 is 2.75 bits per heavy atom. The van der Waals surface area contributed by atoms with Crippen LogP contribution in [0.15, 0.2) is 18.2 Å². The molecule has 0 radical (unpaired) electrons. The third-order valence-electron chi connectivity index (χ3n) is 3.67. The summed E-state index contributed by atoms with van der Waals surface area (Å²) in [6.45, 7) is 5.73. The van der Waals surface area contributed by atoms with Crippen LogP contribution in [0.4, 0.5) is 11.4 Å². The van der Waals surface area contributed by atoms with Crippen LogP contribution >= 0.6 is 0 Å². The van der Waals surface area contributed by atoms with Crippen LogP contribution < -0.4 is 10.2 Å². The molecule has 3 nitrogen and oxygen atoms in total. The summed E-state index contributed by atoms with van der Waals surface area (Å²) in [5, 5.41) is 3.52. The standard InChI is InChI=1S/C13H19N3/c1-15-7-9-16(10-8-15)12-4-2-3-11-5-6-14-13(11)12/h2-4,14H,5-10H2,1H3. The average Bonchev–Trinajstić information content (AvgIpc) is 2.78. The molecule has 3 rings (SSSR count). The summed E-state index contributed by atoms with van der Waals surface area (Å²) in [4.78, 5) is 4.91. The monoisotopic (exact) mass is 217 g/mol. The van der Waals surface area contributed by atoms with Gasteiger partial charge < -0.3 is 15.1 Å². The molecule has 2 aliphatic heterocycles. The molecule has 0 spiro atoms. The molecule has 2 heterocycles. The fourth-order valence-electron chi connectivity index (χ4n) is 2.63. The van der Waals surface area contributed by atoms with Gasteiger partial charge in [0, 0.05) is 32.7 Å². The summed E-state index contributed by atoms with van der Waals surface area (Å²) in [5.41, 5.74) is 4.27. The molecule has 0 unspecified atom stereocenters. The van der Waals surface area contributed by atoms with E-state index < -0.39 is 0 Å². The van der Waals surface area contributed by atoms with Gasteiger partial charge in [-0.25, -0.2) is 0 Å². The second-order valence-corrected chi connectivity index (χ2v) is 4.78. The van der Waals surface area contributed by atoms with Crippen molar-refractivity contribution in [1.29, 1.82) is 0 Å². The van der Waals surface area contributed by atoms with Crippen molar-refractivity contribution in [1.82, 2.24) is 4.90 Å². The van der Waals surface area contributed by atoms with Gasteiger partial charge in [0.1, 0.15) is 0 Å². The van der Waals surface area contributed by atoms with Crippen molar-refractivity contribution < 1.29 is 0 Å². The number of hydrogen-bond donors (Lipinski definition) is 1. The first-order valence-corrected chi connectivity index (χ1v) is 6.14. The van der Waals surface area contributed by atoms with Gasteiger partial charge in [-0.3, -0.25) is 0 Å². The van der Waals surface area contributed by atoms with E-state index in [-0.39, 0.29) is 0 Å². The molecule has 0 bridgehead atoms. The minimum Gasteiger partial charge on any atom is -0.383 e. The second kappa shape index (κ2) is 3.98. The molecule has 2 aliphatic rings. The Morgan fingerprint density at radius 1 is 1.12 bits per heavy atom. The zero-order valence-corrected chi connectivity index (χ0v) is 9.87. The third kappa shape index (κ3) is 1.65. The lowest BCUT2D eigenvalue weighted by molar-refractivity contribution is 0.313. The molecular weight excluding hydrogens is 198 g/mol. The summed E-state index contributed by atoms with van der Waals surface area (Å²) in [7, 11) is 2.20. The molecule has 1 fully saturated rings. The summed E-state index contributed by atoms with van der Waals surface area (Å²) < 4.78 is 0. The van der Waals surface area contributed by atoms with Gasteiger partial charge in [-0.15, -0.1) is 0 Å². The van der Waals surface area contributed by atoms with E-state index in [1.807, 2.05) is 0 Å². The van der Waals surface area contributed by atoms with E-state index in [0.29, 0.717) is 0 Å². The van der Waals surface area contributed by atoms with E-state index in [9.17, 15) is 0 Å². The SMILES string of the molecule is CN1CCN(c2cccc3c2NCC3)CC1. The Morgan fingerprint density at radius 2 is 1.94 bits per heavy atom. The van der Waals surface area contributed by atoms with Crippen LogP contribution in [0.2, 0.25) is 0 Å². The number of rotatable bonds is 1. The number of para-hydroxylation sites is 1. The van der Waals surface area contributed by atoms with Gasteiger partial charge in [0.05, 0.1) is 11.4 Å². The number of anilines is 2. The highest BCUT2D eigenvalue weighted by Crippen LogP contribution is 2.33. The molecule has 0 saturated carbocycles. The van der Waals surface area contributed by atoms with E-state index in [4.69, 9.17) is 0 Å². The van der Waals surface area contributed by atoms with Gasteiger partial charge in [0.2, 0.25) is 0 Å². The molecule has 1 aromatic carbocycles. The van der Waals surface area contributed by atoms with Crippen LogP contribution in [0.5, 0.6) is 0 Å².